The Morgan fingerprint density at radius 2 is 2.11 bits per heavy atom. The number of methoxy groups -OCH3 is 1. The average molecular weight is 260 g/mol. The van der Waals surface area contributed by atoms with Crippen molar-refractivity contribution in [2.24, 2.45) is 0 Å². The molecule has 4 nitrogen and oxygen atoms in total. The van der Waals surface area contributed by atoms with Crippen molar-refractivity contribution in [3.63, 3.8) is 0 Å². The van der Waals surface area contributed by atoms with Gasteiger partial charge in [-0.25, -0.2) is 4.98 Å². The van der Waals surface area contributed by atoms with E-state index in [9.17, 15) is 4.79 Å². The van der Waals surface area contributed by atoms with Crippen LogP contribution < -0.4 is 10.3 Å². The molecule has 1 aliphatic rings. The van der Waals surface area contributed by atoms with Crippen LogP contribution in [-0.2, 0) is 6.54 Å². The van der Waals surface area contributed by atoms with Gasteiger partial charge in [0, 0.05) is 23.9 Å². The zero-order valence-electron chi connectivity index (χ0n) is 9.92. The van der Waals surface area contributed by atoms with Crippen molar-refractivity contribution in [1.82, 2.24) is 9.55 Å². The molecule has 1 aromatic carbocycles. The summed E-state index contributed by atoms with van der Waals surface area (Å²) < 4.78 is 6.83. The van der Waals surface area contributed by atoms with Gasteiger partial charge < -0.3 is 4.74 Å². The Morgan fingerprint density at radius 3 is 2.83 bits per heavy atom. The molecule has 0 fully saturated rings. The Balaban J connectivity index is 2.06. The van der Waals surface area contributed by atoms with Crippen LogP contribution in [0.15, 0.2) is 40.3 Å². The topological polar surface area (TPSA) is 44.1 Å². The largest absolute Gasteiger partial charge is 0.497 e. The fourth-order valence-corrected chi connectivity index (χ4v) is 2.90. The van der Waals surface area contributed by atoms with E-state index in [4.69, 9.17) is 4.74 Å². The lowest BCUT2D eigenvalue weighted by Gasteiger charge is -2.05. The number of nitrogens with zero attached hydrogens (tertiary/aromatic N) is 2. The van der Waals surface area contributed by atoms with Gasteiger partial charge in [0.1, 0.15) is 5.75 Å². The molecule has 0 radical (unpaired) electrons. The van der Waals surface area contributed by atoms with Crippen molar-refractivity contribution < 1.29 is 4.74 Å². The molecule has 0 atom stereocenters. The Morgan fingerprint density at radius 1 is 1.33 bits per heavy atom. The van der Waals surface area contributed by atoms with E-state index >= 15 is 0 Å². The van der Waals surface area contributed by atoms with E-state index in [0.717, 1.165) is 34.5 Å². The van der Waals surface area contributed by atoms with Gasteiger partial charge >= 0.3 is 0 Å². The number of thioether (sulfide) groups is 1. The number of aromatic nitrogens is 2. The average Bonchev–Trinajstić information content (AvgIpc) is 2.88. The predicted molar refractivity (Wildman–Crippen MR) is 71.2 cm³/mol. The molecule has 0 N–H and O–H groups in total. The Hall–Kier alpha value is -1.75. The van der Waals surface area contributed by atoms with Crippen molar-refractivity contribution >= 4 is 11.8 Å². The van der Waals surface area contributed by atoms with E-state index in [0.29, 0.717) is 0 Å². The minimum atomic E-state index is 0.0239. The molecule has 5 heteroatoms. The van der Waals surface area contributed by atoms with Crippen molar-refractivity contribution in [3.8, 4) is 17.0 Å². The van der Waals surface area contributed by atoms with Crippen LogP contribution in [0.3, 0.4) is 0 Å². The molecule has 0 saturated carbocycles. The first kappa shape index (κ1) is 11.3. The Labute approximate surface area is 109 Å². The Bertz CT molecular complexity index is 634. The van der Waals surface area contributed by atoms with E-state index < -0.39 is 0 Å². The summed E-state index contributed by atoms with van der Waals surface area (Å²) >= 11 is 1.63. The third kappa shape index (κ3) is 1.90. The van der Waals surface area contributed by atoms with Gasteiger partial charge in [0.05, 0.1) is 12.8 Å². The minimum absolute atomic E-state index is 0.0239. The zero-order valence-corrected chi connectivity index (χ0v) is 10.7. The maximum absolute atomic E-state index is 11.9. The Kier molecular flexibility index (Phi) is 2.83. The molecule has 18 heavy (non-hydrogen) atoms. The lowest BCUT2D eigenvalue weighted by atomic mass is 10.1. The van der Waals surface area contributed by atoms with E-state index in [2.05, 4.69) is 4.98 Å². The first-order valence-electron chi connectivity index (χ1n) is 5.67. The molecule has 3 rings (SSSR count). The maximum Gasteiger partial charge on any atom is 0.254 e. The van der Waals surface area contributed by atoms with Gasteiger partial charge in [-0.3, -0.25) is 9.36 Å². The second-order valence-corrected chi connectivity index (χ2v) is 5.05. The molecule has 0 saturated heterocycles. The second kappa shape index (κ2) is 4.49. The quantitative estimate of drug-likeness (QED) is 0.775. The third-order valence-corrected chi connectivity index (χ3v) is 3.86. The number of fused-ring (bicyclic) bond motifs is 1. The van der Waals surface area contributed by atoms with Gasteiger partial charge in [0.2, 0.25) is 0 Å². The van der Waals surface area contributed by atoms with Crippen LogP contribution >= 0.6 is 11.8 Å². The van der Waals surface area contributed by atoms with Gasteiger partial charge in [-0.2, -0.15) is 0 Å². The smallest absolute Gasteiger partial charge is 0.254 e. The highest BCUT2D eigenvalue weighted by Gasteiger charge is 2.15. The van der Waals surface area contributed by atoms with Gasteiger partial charge in [-0.05, 0) is 24.3 Å². The molecule has 2 aromatic rings. The maximum atomic E-state index is 11.9. The molecule has 1 aliphatic heterocycles. The molecule has 0 spiro atoms. The summed E-state index contributed by atoms with van der Waals surface area (Å²) in [6, 6.07) is 9.16. The summed E-state index contributed by atoms with van der Waals surface area (Å²) in [6.07, 6.45) is 0. The van der Waals surface area contributed by atoms with Crippen LogP contribution in [0.4, 0.5) is 0 Å². The van der Waals surface area contributed by atoms with Crippen molar-refractivity contribution in [2.45, 2.75) is 11.7 Å². The highest BCUT2D eigenvalue weighted by Crippen LogP contribution is 2.25. The van der Waals surface area contributed by atoms with Gasteiger partial charge in [-0.1, -0.05) is 11.8 Å². The molecule has 0 bridgehead atoms. The number of ether oxygens (including phenoxy) is 1. The minimum Gasteiger partial charge on any atom is -0.497 e. The van der Waals surface area contributed by atoms with Gasteiger partial charge in [-0.15, -0.1) is 0 Å². The fraction of sp³-hybridized carbons (Fsp3) is 0.231. The summed E-state index contributed by atoms with van der Waals surface area (Å²) in [4.78, 5) is 16.4. The molecular formula is C13H12N2O2S. The highest BCUT2D eigenvalue weighted by atomic mass is 32.2. The van der Waals surface area contributed by atoms with Crippen LogP contribution in [0.1, 0.15) is 0 Å². The summed E-state index contributed by atoms with van der Waals surface area (Å²) in [5.41, 5.74) is 1.68. The molecule has 0 unspecified atom stereocenters. The number of hydrogen-bond acceptors (Lipinski definition) is 4. The summed E-state index contributed by atoms with van der Waals surface area (Å²) in [7, 11) is 1.63. The van der Waals surface area contributed by atoms with E-state index in [1.54, 1.807) is 29.5 Å². The zero-order chi connectivity index (χ0) is 12.5. The van der Waals surface area contributed by atoms with E-state index in [1.807, 2.05) is 24.3 Å². The SMILES string of the molecule is COc1ccc(-c2cc(=O)n3c(n2)SCC3)cc1. The van der Waals surface area contributed by atoms with Crippen LogP contribution in [-0.4, -0.2) is 22.4 Å². The standard InChI is InChI=1S/C13H12N2O2S/c1-17-10-4-2-9(3-5-10)11-8-12(16)15-6-7-18-13(15)14-11/h2-5,8H,6-7H2,1H3. The molecule has 1 aromatic heterocycles. The molecule has 2 heterocycles. The first-order chi connectivity index (χ1) is 8.78. The van der Waals surface area contributed by atoms with Crippen LogP contribution in [0.5, 0.6) is 5.75 Å². The fourth-order valence-electron chi connectivity index (χ4n) is 1.94. The summed E-state index contributed by atoms with van der Waals surface area (Å²) in [5, 5.41) is 0.813. The van der Waals surface area contributed by atoms with Gasteiger partial charge in [0.25, 0.3) is 5.56 Å². The lowest BCUT2D eigenvalue weighted by molar-refractivity contribution is 0.415. The second-order valence-electron chi connectivity index (χ2n) is 3.99. The molecular weight excluding hydrogens is 248 g/mol. The predicted octanol–water partition coefficient (Wildman–Crippen LogP) is 2.02. The van der Waals surface area contributed by atoms with Crippen LogP contribution in [0.2, 0.25) is 0 Å². The van der Waals surface area contributed by atoms with Gasteiger partial charge in [0.15, 0.2) is 5.16 Å². The molecule has 0 aliphatic carbocycles. The number of benzene rings is 1. The number of rotatable bonds is 2. The highest BCUT2D eigenvalue weighted by molar-refractivity contribution is 7.99. The lowest BCUT2D eigenvalue weighted by Crippen LogP contribution is -2.19. The first-order valence-corrected chi connectivity index (χ1v) is 6.65. The monoisotopic (exact) mass is 260 g/mol. The summed E-state index contributed by atoms with van der Waals surface area (Å²) in [5.74, 6) is 1.72. The summed E-state index contributed by atoms with van der Waals surface area (Å²) in [6.45, 7) is 0.759. The normalized spacial score (nSPS) is 13.4. The molecule has 92 valence electrons. The van der Waals surface area contributed by atoms with Crippen molar-refractivity contribution in [3.05, 3.63) is 40.7 Å². The van der Waals surface area contributed by atoms with Crippen LogP contribution in [0, 0.1) is 0 Å². The van der Waals surface area contributed by atoms with Crippen molar-refractivity contribution in [1.29, 1.82) is 0 Å². The number of hydrogen-bond donors (Lipinski definition) is 0. The molecule has 0 amide bonds. The van der Waals surface area contributed by atoms with E-state index in [1.165, 1.54) is 0 Å². The van der Waals surface area contributed by atoms with Crippen molar-refractivity contribution in [2.75, 3.05) is 12.9 Å². The third-order valence-electron chi connectivity index (χ3n) is 2.91. The van der Waals surface area contributed by atoms with E-state index in [-0.39, 0.29) is 5.56 Å². The van der Waals surface area contributed by atoms with Crippen LogP contribution in [0.25, 0.3) is 11.3 Å².